The fraction of sp³-hybridized carbons (Fsp3) is 0.556. The Morgan fingerprint density at radius 1 is 0.955 bits per heavy atom. The lowest BCUT2D eigenvalue weighted by Crippen LogP contribution is -2.15. The van der Waals surface area contributed by atoms with Crippen molar-refractivity contribution in [3.8, 4) is 0 Å². The van der Waals surface area contributed by atoms with E-state index in [1.807, 2.05) is 0 Å². The van der Waals surface area contributed by atoms with E-state index in [4.69, 9.17) is 9.47 Å². The predicted octanol–water partition coefficient (Wildman–Crippen LogP) is 4.24. The SMILES string of the molecule is CCCCCOC(=O)c1ccccc1C(=O)OCCC(C)C. The summed E-state index contributed by atoms with van der Waals surface area (Å²) in [6.45, 7) is 6.95. The molecule has 0 spiro atoms. The minimum absolute atomic E-state index is 0.270. The van der Waals surface area contributed by atoms with Crippen LogP contribution >= 0.6 is 0 Å². The molecule has 1 aromatic rings. The van der Waals surface area contributed by atoms with Crippen molar-refractivity contribution in [3.63, 3.8) is 0 Å². The Bertz CT molecular complexity index is 480. The van der Waals surface area contributed by atoms with E-state index in [2.05, 4.69) is 20.8 Å². The van der Waals surface area contributed by atoms with Crippen LogP contribution in [0.2, 0.25) is 0 Å². The maximum atomic E-state index is 12.1. The smallest absolute Gasteiger partial charge is 0.339 e. The topological polar surface area (TPSA) is 52.6 Å². The molecule has 1 rings (SSSR count). The van der Waals surface area contributed by atoms with Gasteiger partial charge in [0.05, 0.1) is 24.3 Å². The van der Waals surface area contributed by atoms with Gasteiger partial charge in [-0.05, 0) is 30.9 Å². The summed E-state index contributed by atoms with van der Waals surface area (Å²) in [6, 6.07) is 6.63. The number of esters is 2. The van der Waals surface area contributed by atoms with Crippen molar-refractivity contribution in [1.29, 1.82) is 0 Å². The van der Waals surface area contributed by atoms with Crippen LogP contribution in [-0.2, 0) is 9.47 Å². The normalized spacial score (nSPS) is 10.5. The number of hydrogen-bond donors (Lipinski definition) is 0. The average molecular weight is 306 g/mol. The molecule has 0 N–H and O–H groups in total. The number of ether oxygens (including phenoxy) is 2. The third kappa shape index (κ3) is 6.29. The molecule has 4 nitrogen and oxygen atoms in total. The van der Waals surface area contributed by atoms with Gasteiger partial charge < -0.3 is 9.47 Å². The molecule has 1 aromatic carbocycles. The number of carbonyl (C=O) groups excluding carboxylic acids is 2. The van der Waals surface area contributed by atoms with Crippen LogP contribution in [0.3, 0.4) is 0 Å². The van der Waals surface area contributed by atoms with Gasteiger partial charge in [-0.25, -0.2) is 9.59 Å². The first-order valence-corrected chi connectivity index (χ1v) is 7.99. The van der Waals surface area contributed by atoms with Crippen molar-refractivity contribution in [1.82, 2.24) is 0 Å². The van der Waals surface area contributed by atoms with Crippen LogP contribution in [0.25, 0.3) is 0 Å². The molecule has 0 saturated heterocycles. The molecule has 0 radical (unpaired) electrons. The third-order valence-electron chi connectivity index (χ3n) is 3.28. The summed E-state index contributed by atoms with van der Waals surface area (Å²) in [5.41, 5.74) is 0.542. The lowest BCUT2D eigenvalue weighted by molar-refractivity contribution is 0.0445. The molecule has 4 heteroatoms. The first-order chi connectivity index (χ1) is 10.6. The van der Waals surface area contributed by atoms with Crippen LogP contribution in [-0.4, -0.2) is 25.2 Å². The molecule has 0 heterocycles. The largest absolute Gasteiger partial charge is 0.462 e. The second kappa shape index (κ2) is 9.98. The minimum atomic E-state index is -0.471. The Hall–Kier alpha value is -1.84. The highest BCUT2D eigenvalue weighted by molar-refractivity contribution is 6.03. The van der Waals surface area contributed by atoms with Crippen molar-refractivity contribution in [2.75, 3.05) is 13.2 Å². The van der Waals surface area contributed by atoms with Crippen molar-refractivity contribution in [2.45, 2.75) is 46.5 Å². The van der Waals surface area contributed by atoms with Gasteiger partial charge in [0.2, 0.25) is 0 Å². The monoisotopic (exact) mass is 306 g/mol. The van der Waals surface area contributed by atoms with Gasteiger partial charge in [-0.2, -0.15) is 0 Å². The Morgan fingerprint density at radius 3 is 2.00 bits per heavy atom. The number of rotatable bonds is 9. The Balaban J connectivity index is 2.64. The van der Waals surface area contributed by atoms with Crippen LogP contribution in [0.15, 0.2) is 24.3 Å². The van der Waals surface area contributed by atoms with Gasteiger partial charge in [0.25, 0.3) is 0 Å². The van der Waals surface area contributed by atoms with Crippen molar-refractivity contribution < 1.29 is 19.1 Å². The molecule has 0 bridgehead atoms. The first kappa shape index (κ1) is 18.2. The van der Waals surface area contributed by atoms with E-state index in [0.29, 0.717) is 19.1 Å². The zero-order chi connectivity index (χ0) is 16.4. The molecule has 0 aliphatic heterocycles. The zero-order valence-corrected chi connectivity index (χ0v) is 13.8. The van der Waals surface area contributed by atoms with Gasteiger partial charge >= 0.3 is 11.9 Å². The molecule has 0 amide bonds. The van der Waals surface area contributed by atoms with Gasteiger partial charge in [-0.15, -0.1) is 0 Å². The van der Waals surface area contributed by atoms with E-state index in [0.717, 1.165) is 25.7 Å². The van der Waals surface area contributed by atoms with Gasteiger partial charge in [0.15, 0.2) is 0 Å². The van der Waals surface area contributed by atoms with E-state index in [1.165, 1.54) is 0 Å². The molecule has 0 saturated carbocycles. The predicted molar refractivity (Wildman–Crippen MR) is 86.0 cm³/mol. The highest BCUT2D eigenvalue weighted by Crippen LogP contribution is 2.13. The molecule has 0 aromatic heterocycles. The maximum absolute atomic E-state index is 12.1. The van der Waals surface area contributed by atoms with E-state index in [9.17, 15) is 9.59 Å². The molecule has 122 valence electrons. The van der Waals surface area contributed by atoms with Crippen molar-refractivity contribution in [3.05, 3.63) is 35.4 Å². The maximum Gasteiger partial charge on any atom is 0.339 e. The average Bonchev–Trinajstić information content (AvgIpc) is 2.51. The second-order valence-corrected chi connectivity index (χ2v) is 5.71. The van der Waals surface area contributed by atoms with Crippen LogP contribution in [0.4, 0.5) is 0 Å². The summed E-state index contributed by atoms with van der Waals surface area (Å²) in [5.74, 6) is -0.471. The van der Waals surface area contributed by atoms with Crippen LogP contribution in [0.1, 0.15) is 67.2 Å². The standard InChI is InChI=1S/C18H26O4/c1-4-5-8-12-21-17(19)15-9-6-7-10-16(15)18(20)22-13-11-14(2)3/h6-7,9-10,14H,4-5,8,11-13H2,1-3H3. The van der Waals surface area contributed by atoms with Crippen LogP contribution in [0, 0.1) is 5.92 Å². The fourth-order valence-corrected chi connectivity index (χ4v) is 1.90. The summed E-state index contributed by atoms with van der Waals surface area (Å²) >= 11 is 0. The summed E-state index contributed by atoms with van der Waals surface area (Å²) in [7, 11) is 0. The first-order valence-electron chi connectivity index (χ1n) is 7.99. The minimum Gasteiger partial charge on any atom is -0.462 e. The molecule has 0 unspecified atom stereocenters. The number of carbonyl (C=O) groups is 2. The second-order valence-electron chi connectivity index (χ2n) is 5.71. The summed E-state index contributed by atoms with van der Waals surface area (Å²) in [4.78, 5) is 24.2. The van der Waals surface area contributed by atoms with Gasteiger partial charge in [0, 0.05) is 0 Å². The van der Waals surface area contributed by atoms with Gasteiger partial charge in [-0.1, -0.05) is 45.7 Å². The van der Waals surface area contributed by atoms with E-state index >= 15 is 0 Å². The Labute approximate surface area is 132 Å². The number of hydrogen-bond acceptors (Lipinski definition) is 4. The Morgan fingerprint density at radius 2 is 1.50 bits per heavy atom. The molecular formula is C18H26O4. The zero-order valence-electron chi connectivity index (χ0n) is 13.8. The summed E-state index contributed by atoms with van der Waals surface area (Å²) in [6.07, 6.45) is 3.72. The molecule has 0 atom stereocenters. The highest BCUT2D eigenvalue weighted by Gasteiger charge is 2.18. The lowest BCUT2D eigenvalue weighted by atomic mass is 10.1. The Kier molecular flexibility index (Phi) is 8.26. The number of unbranched alkanes of at least 4 members (excludes halogenated alkanes) is 2. The van der Waals surface area contributed by atoms with Crippen molar-refractivity contribution >= 4 is 11.9 Å². The quantitative estimate of drug-likeness (QED) is 0.506. The van der Waals surface area contributed by atoms with E-state index in [1.54, 1.807) is 24.3 Å². The summed E-state index contributed by atoms with van der Waals surface area (Å²) < 4.78 is 10.4. The van der Waals surface area contributed by atoms with Gasteiger partial charge in [0.1, 0.15) is 0 Å². The lowest BCUT2D eigenvalue weighted by Gasteiger charge is -2.10. The molecule has 0 fully saturated rings. The number of benzene rings is 1. The van der Waals surface area contributed by atoms with E-state index in [-0.39, 0.29) is 11.1 Å². The fourth-order valence-electron chi connectivity index (χ4n) is 1.90. The molecule has 0 aliphatic carbocycles. The van der Waals surface area contributed by atoms with Crippen LogP contribution in [0.5, 0.6) is 0 Å². The molecule has 0 aliphatic rings. The molecular weight excluding hydrogens is 280 g/mol. The van der Waals surface area contributed by atoms with E-state index < -0.39 is 11.9 Å². The summed E-state index contributed by atoms with van der Waals surface area (Å²) in [5, 5.41) is 0. The van der Waals surface area contributed by atoms with Crippen molar-refractivity contribution in [2.24, 2.45) is 5.92 Å². The highest BCUT2D eigenvalue weighted by atomic mass is 16.5. The third-order valence-corrected chi connectivity index (χ3v) is 3.28. The van der Waals surface area contributed by atoms with Crippen LogP contribution < -0.4 is 0 Å². The van der Waals surface area contributed by atoms with Gasteiger partial charge in [-0.3, -0.25) is 0 Å². The molecule has 22 heavy (non-hydrogen) atoms.